The molecule has 0 saturated carbocycles. The van der Waals surface area contributed by atoms with Gasteiger partial charge in [-0.3, -0.25) is 9.55 Å². The number of rotatable bonds is 10. The topological polar surface area (TPSA) is 98.4 Å². The molecule has 10 heterocycles. The molecule has 31 rings (SSSR count). The highest BCUT2D eigenvalue weighted by Crippen LogP contribution is 2.59. The van der Waals surface area contributed by atoms with Crippen molar-refractivity contribution in [3.8, 4) is 130 Å². The minimum atomic E-state index is -0.127. The summed E-state index contributed by atoms with van der Waals surface area (Å²) in [5, 5.41) is 7.47. The highest BCUT2D eigenvalue weighted by atomic mass is 15.1. The van der Waals surface area contributed by atoms with Crippen molar-refractivity contribution < 1.29 is 0 Å². The second-order valence-corrected chi connectivity index (χ2v) is 42.3. The molecule has 4 aliphatic rings. The summed E-state index contributed by atoms with van der Waals surface area (Å²) in [4.78, 5) is 24.7. The molecular weight excluding hydrogens is 1830 g/mol. The van der Waals surface area contributed by atoms with Crippen LogP contribution in [0.25, 0.3) is 223 Å². The number of aryl methyl sites for hydroxylation is 1. The van der Waals surface area contributed by atoms with Gasteiger partial charge in [-0.1, -0.05) is 371 Å². The molecule has 12 heteroatoms. The Morgan fingerprint density at radius 3 is 1.21 bits per heavy atom. The molecule has 27 aromatic rings. The maximum atomic E-state index is 5.13. The fourth-order valence-electron chi connectivity index (χ4n) is 25.5. The minimum Gasteiger partial charge on any atom is -0.327 e. The number of aromatic nitrogens is 12. The number of nitrogens with zero attached hydrogens (tertiary/aromatic N) is 12. The van der Waals surface area contributed by atoms with Crippen molar-refractivity contribution in [1.82, 2.24) is 56.7 Å². The summed E-state index contributed by atoms with van der Waals surface area (Å²) >= 11 is 0. The van der Waals surface area contributed by atoms with Crippen LogP contribution in [-0.4, -0.2) is 56.7 Å². The van der Waals surface area contributed by atoms with Crippen LogP contribution in [0, 0.1) is 0 Å². The fraction of sp³-hybridized carbons (Fsp3) is 0.0942. The molecule has 10 aromatic heterocycles. The second kappa shape index (κ2) is 34.2. The van der Waals surface area contributed by atoms with Gasteiger partial charge in [0.25, 0.3) is 0 Å². The van der Waals surface area contributed by atoms with E-state index in [0.29, 0.717) is 0 Å². The van der Waals surface area contributed by atoms with E-state index in [1.807, 2.05) is 42.7 Å². The van der Waals surface area contributed by atoms with Crippen LogP contribution in [0.4, 0.5) is 0 Å². The van der Waals surface area contributed by atoms with Crippen LogP contribution < -0.4 is 0 Å². The SMILES string of the molecule is CC1(C)c2ccccc2-c2c1c1ccccc1n2-c1cccc(-c2ccc3ccc4cccnc4c3n2)c1.CC1(C)c2ccccc2-c2c1c1ccccc1n2-c1cccc(-c2cn3ccccc3n2)c1.CC1(C)c2ccccc2-c2c1n(-c1cccc(-c3nc4ccccc4n3-c3ccccc3)c1)c1ccccc21.Cn1c(-c2ccccc2)nc2ccc(-c3cccc(-n4c5c(c6ccccc64)C(C)(C)c4ccccc4-5)c3)cc21. The van der Waals surface area contributed by atoms with Crippen molar-refractivity contribution in [3.63, 3.8) is 0 Å². The largest absolute Gasteiger partial charge is 0.327 e. The number of fused-ring (bicyclic) bond motifs is 26. The van der Waals surface area contributed by atoms with E-state index in [-0.39, 0.29) is 21.7 Å². The monoisotopic (exact) mass is 1930 g/mol. The molecule has 0 radical (unpaired) electrons. The molecule has 0 fully saturated rings. The molecule has 12 nitrogen and oxygen atoms in total. The van der Waals surface area contributed by atoms with Gasteiger partial charge in [-0.2, -0.15) is 0 Å². The Kier molecular flexibility index (Phi) is 20.3. The summed E-state index contributed by atoms with van der Waals surface area (Å²) in [5.74, 6) is 1.93. The number of para-hydroxylation sites is 7. The average molecular weight is 1930 g/mol. The Hall–Kier alpha value is -18.7. The highest BCUT2D eigenvalue weighted by Gasteiger charge is 2.46. The lowest BCUT2D eigenvalue weighted by Gasteiger charge is -2.24. The van der Waals surface area contributed by atoms with E-state index in [4.69, 9.17) is 19.9 Å². The van der Waals surface area contributed by atoms with Crippen molar-refractivity contribution in [2.24, 2.45) is 7.05 Å². The fourth-order valence-corrected chi connectivity index (χ4v) is 25.5. The van der Waals surface area contributed by atoms with Gasteiger partial charge < -0.3 is 27.2 Å². The summed E-state index contributed by atoms with van der Waals surface area (Å²) in [6.45, 7) is 18.8. The zero-order valence-electron chi connectivity index (χ0n) is 84.8. The zero-order chi connectivity index (χ0) is 101. The Morgan fingerprint density at radius 1 is 0.240 bits per heavy atom. The first kappa shape index (κ1) is 89.0. The van der Waals surface area contributed by atoms with Crippen LogP contribution in [0.1, 0.15) is 100 Å². The molecule has 17 aromatic carbocycles. The molecule has 0 unspecified atom stereocenters. The van der Waals surface area contributed by atoms with Gasteiger partial charge in [0.2, 0.25) is 0 Å². The maximum Gasteiger partial charge on any atom is 0.145 e. The standard InChI is InChI=1S/C37H29N3.C36H27N3.C35H25N3.C30H23N3/c1-37(2)30-18-9-7-16-28(30)35-34(37)29-17-8-10-19-32(29)40(35)27-15-11-14-25(22-27)26-20-21-31-33(23-26)39(3)36(38-31)24-12-5-4-6-13-24;1-36(2)29-19-8-6-17-27(29)33-28-18-7-10-21-31(28)38(34(33)36)26-16-12-13-24(23-26)35-37-30-20-9-11-22-32(30)39(35)25-14-4-3-5-15-25;1-35(2)28-14-5-3-12-26(28)34-31(35)27-13-4-6-15-30(27)38(34)25-11-7-9-24(21-25)29-19-18-23-17-16-22-10-8-20-36-32(22)33(23)37-29;1-30(2)24-14-5-3-12-22(24)29-28(30)23-13-4-6-15-26(23)33(29)21-11-9-10-20(18-21)25-19-32-17-8-7-16-27(32)31-25/h4-23H,1-3H3;3-23H,1-2H3;3-21H,1-2H3;3-19H,1-2H3. The first-order chi connectivity index (χ1) is 73.4. The summed E-state index contributed by atoms with van der Waals surface area (Å²) in [6.07, 6.45) is 5.99. The Balaban J connectivity index is 0.0000000962. The van der Waals surface area contributed by atoms with Gasteiger partial charge in [0.15, 0.2) is 0 Å². The molecule has 0 atom stereocenters. The third kappa shape index (κ3) is 13.8. The van der Waals surface area contributed by atoms with Gasteiger partial charge in [-0.05, 0) is 189 Å². The molecule has 0 spiro atoms. The van der Waals surface area contributed by atoms with Crippen LogP contribution >= 0.6 is 0 Å². The normalized spacial score (nSPS) is 13.7. The van der Waals surface area contributed by atoms with Gasteiger partial charge in [-0.15, -0.1) is 0 Å². The predicted octanol–water partition coefficient (Wildman–Crippen LogP) is 34.1. The summed E-state index contributed by atoms with van der Waals surface area (Å²) in [6, 6.07) is 161. The minimum absolute atomic E-state index is 0.0456. The number of pyridine rings is 3. The first-order valence-corrected chi connectivity index (χ1v) is 51.9. The summed E-state index contributed by atoms with van der Waals surface area (Å²) in [5.41, 5.74) is 47.9. The van der Waals surface area contributed by atoms with E-state index >= 15 is 0 Å². The van der Waals surface area contributed by atoms with Crippen LogP contribution in [0.2, 0.25) is 0 Å². The Labute approximate surface area is 869 Å². The lowest BCUT2D eigenvalue weighted by molar-refractivity contribution is 0.624. The van der Waals surface area contributed by atoms with Crippen molar-refractivity contribution >= 4 is 93.1 Å². The first-order valence-electron chi connectivity index (χ1n) is 51.9. The van der Waals surface area contributed by atoms with Gasteiger partial charge in [0.1, 0.15) is 17.3 Å². The molecule has 716 valence electrons. The van der Waals surface area contributed by atoms with E-state index < -0.39 is 0 Å². The zero-order valence-corrected chi connectivity index (χ0v) is 84.8. The molecule has 0 saturated heterocycles. The number of hydrogen-bond donors (Lipinski definition) is 0. The number of imidazole rings is 3. The maximum absolute atomic E-state index is 5.13. The molecule has 0 amide bonds. The smallest absolute Gasteiger partial charge is 0.145 e. The van der Waals surface area contributed by atoms with Crippen molar-refractivity contribution in [2.75, 3.05) is 0 Å². The Bertz CT molecular complexity index is 10200. The molecule has 150 heavy (non-hydrogen) atoms. The van der Waals surface area contributed by atoms with E-state index in [1.165, 1.54) is 150 Å². The number of benzene rings is 17. The molecule has 4 aliphatic carbocycles. The highest BCUT2D eigenvalue weighted by molar-refractivity contribution is 6.08. The van der Waals surface area contributed by atoms with Crippen molar-refractivity contribution in [3.05, 3.63) is 512 Å². The van der Waals surface area contributed by atoms with Gasteiger partial charge in [0, 0.05) is 158 Å². The van der Waals surface area contributed by atoms with Gasteiger partial charge >= 0.3 is 0 Å². The second-order valence-electron chi connectivity index (χ2n) is 42.3. The number of hydrogen-bond acceptors (Lipinski definition) is 5. The summed E-state index contributed by atoms with van der Waals surface area (Å²) < 4.78 is 16.4. The van der Waals surface area contributed by atoms with Crippen LogP contribution in [0.5, 0.6) is 0 Å². The molecule has 0 N–H and O–H groups in total. The van der Waals surface area contributed by atoms with E-state index in [2.05, 4.69) is 524 Å². The van der Waals surface area contributed by atoms with Gasteiger partial charge in [0.05, 0.1) is 83.6 Å². The third-order valence-electron chi connectivity index (χ3n) is 32.3. The van der Waals surface area contributed by atoms with E-state index in [1.54, 1.807) is 0 Å². The van der Waals surface area contributed by atoms with Crippen LogP contribution in [0.15, 0.2) is 468 Å². The quantitative estimate of drug-likeness (QED) is 0.127. The summed E-state index contributed by atoms with van der Waals surface area (Å²) in [7, 11) is 2.10. The van der Waals surface area contributed by atoms with Crippen LogP contribution in [-0.2, 0) is 28.7 Å². The molecular formula is C138H104N12. The van der Waals surface area contributed by atoms with E-state index in [9.17, 15) is 0 Å². The Morgan fingerprint density at radius 2 is 0.647 bits per heavy atom. The predicted molar refractivity (Wildman–Crippen MR) is 619 cm³/mol. The average Bonchev–Trinajstić information content (AvgIpc) is 1.54. The molecule has 0 aliphatic heterocycles. The van der Waals surface area contributed by atoms with Gasteiger partial charge in [-0.25, -0.2) is 19.9 Å². The van der Waals surface area contributed by atoms with Crippen molar-refractivity contribution in [1.29, 1.82) is 0 Å². The lowest BCUT2D eigenvalue weighted by Crippen LogP contribution is -2.19. The lowest BCUT2D eigenvalue weighted by atomic mass is 9.81. The van der Waals surface area contributed by atoms with E-state index in [0.717, 1.165) is 118 Å². The third-order valence-corrected chi connectivity index (χ3v) is 32.3. The van der Waals surface area contributed by atoms with Crippen molar-refractivity contribution in [2.45, 2.75) is 77.0 Å². The molecule has 0 bridgehead atoms. The van der Waals surface area contributed by atoms with Crippen LogP contribution in [0.3, 0.4) is 0 Å².